The van der Waals surface area contributed by atoms with Gasteiger partial charge < -0.3 is 20.4 Å². The molecule has 2 heterocycles. The van der Waals surface area contributed by atoms with E-state index < -0.39 is 11.2 Å². The normalized spacial score (nSPS) is 10.7. The molecule has 0 aliphatic heterocycles. The number of aromatic nitrogens is 2. The number of H-pyrrole nitrogens is 1. The molecule has 0 radical (unpaired) electrons. The van der Waals surface area contributed by atoms with Gasteiger partial charge in [-0.2, -0.15) is 0 Å². The van der Waals surface area contributed by atoms with Gasteiger partial charge >= 0.3 is 5.69 Å². The SMILES string of the molecule is CCCCN(C(=S)NCc1ccco1)c1c(N)n(CCCC)c(=O)[nH]c1=O. The molecule has 0 aromatic carbocycles. The number of nitrogens with zero attached hydrogens (tertiary/aromatic N) is 2. The largest absolute Gasteiger partial charge is 0.467 e. The first-order chi connectivity index (χ1) is 13.0. The second-order valence-electron chi connectivity index (χ2n) is 6.24. The van der Waals surface area contributed by atoms with Crippen LogP contribution in [0.3, 0.4) is 0 Å². The predicted octanol–water partition coefficient (Wildman–Crippen LogP) is 2.19. The summed E-state index contributed by atoms with van der Waals surface area (Å²) in [7, 11) is 0. The van der Waals surface area contributed by atoms with Crippen LogP contribution >= 0.6 is 12.2 Å². The molecule has 0 fully saturated rings. The molecule has 0 aliphatic carbocycles. The summed E-state index contributed by atoms with van der Waals surface area (Å²) in [4.78, 5) is 28.7. The number of anilines is 2. The molecule has 0 aliphatic rings. The molecule has 8 nitrogen and oxygen atoms in total. The number of hydrogen-bond acceptors (Lipinski definition) is 5. The molecule has 2 aromatic heterocycles. The summed E-state index contributed by atoms with van der Waals surface area (Å²) in [6.45, 7) is 5.42. The number of furan rings is 1. The molecular weight excluding hydrogens is 366 g/mol. The Kier molecular flexibility index (Phi) is 7.66. The predicted molar refractivity (Wildman–Crippen MR) is 111 cm³/mol. The van der Waals surface area contributed by atoms with E-state index in [1.54, 1.807) is 17.2 Å². The smallest absolute Gasteiger partial charge is 0.330 e. The maximum absolute atomic E-state index is 12.5. The Hall–Kier alpha value is -2.55. The van der Waals surface area contributed by atoms with Crippen molar-refractivity contribution in [2.75, 3.05) is 17.2 Å². The molecule has 2 aromatic rings. The number of thiocarbonyl (C=S) groups is 1. The van der Waals surface area contributed by atoms with Gasteiger partial charge in [-0.3, -0.25) is 14.3 Å². The lowest BCUT2D eigenvalue weighted by molar-refractivity contribution is 0.503. The highest BCUT2D eigenvalue weighted by atomic mass is 32.1. The molecule has 148 valence electrons. The van der Waals surface area contributed by atoms with Gasteiger partial charge in [0.15, 0.2) is 10.8 Å². The molecule has 9 heteroatoms. The number of hydrogen-bond donors (Lipinski definition) is 3. The average molecular weight is 394 g/mol. The minimum absolute atomic E-state index is 0.135. The minimum atomic E-state index is -0.538. The van der Waals surface area contributed by atoms with Crippen LogP contribution in [0.5, 0.6) is 0 Å². The quantitative estimate of drug-likeness (QED) is 0.560. The van der Waals surface area contributed by atoms with Crippen LogP contribution in [0.1, 0.15) is 45.3 Å². The van der Waals surface area contributed by atoms with Crippen LogP contribution in [0, 0.1) is 0 Å². The molecule has 4 N–H and O–H groups in total. The van der Waals surface area contributed by atoms with Gasteiger partial charge in [-0.05, 0) is 37.2 Å². The summed E-state index contributed by atoms with van der Waals surface area (Å²) in [6.07, 6.45) is 5.01. The first kappa shape index (κ1) is 20.8. The number of nitrogen functional groups attached to an aromatic ring is 1. The van der Waals surface area contributed by atoms with Gasteiger partial charge in [-0.25, -0.2) is 4.79 Å². The number of aromatic amines is 1. The van der Waals surface area contributed by atoms with Crippen LogP contribution < -0.4 is 27.2 Å². The third-order valence-electron chi connectivity index (χ3n) is 4.19. The van der Waals surface area contributed by atoms with Crippen LogP contribution in [-0.4, -0.2) is 21.2 Å². The van der Waals surface area contributed by atoms with E-state index in [0.717, 1.165) is 31.4 Å². The van der Waals surface area contributed by atoms with Crippen molar-refractivity contribution in [3.05, 3.63) is 45.0 Å². The molecule has 0 saturated carbocycles. The fourth-order valence-electron chi connectivity index (χ4n) is 2.68. The molecule has 0 saturated heterocycles. The zero-order chi connectivity index (χ0) is 19.8. The Balaban J connectivity index is 2.35. The minimum Gasteiger partial charge on any atom is -0.467 e. The Morgan fingerprint density at radius 3 is 2.70 bits per heavy atom. The van der Waals surface area contributed by atoms with Crippen molar-refractivity contribution >= 4 is 28.8 Å². The third-order valence-corrected chi connectivity index (χ3v) is 4.56. The average Bonchev–Trinajstić information content (AvgIpc) is 3.15. The fourth-order valence-corrected chi connectivity index (χ4v) is 2.93. The molecular formula is C18H27N5O3S. The van der Waals surface area contributed by atoms with Crippen LogP contribution in [-0.2, 0) is 13.1 Å². The van der Waals surface area contributed by atoms with E-state index in [-0.39, 0.29) is 11.5 Å². The van der Waals surface area contributed by atoms with Crippen LogP contribution in [0.4, 0.5) is 11.5 Å². The third kappa shape index (κ3) is 5.22. The van der Waals surface area contributed by atoms with Crippen molar-refractivity contribution in [3.63, 3.8) is 0 Å². The van der Waals surface area contributed by atoms with E-state index in [1.165, 1.54) is 4.57 Å². The van der Waals surface area contributed by atoms with Crippen LogP contribution in [0.25, 0.3) is 0 Å². The maximum atomic E-state index is 12.5. The highest BCUT2D eigenvalue weighted by Gasteiger charge is 2.21. The Morgan fingerprint density at radius 2 is 2.07 bits per heavy atom. The summed E-state index contributed by atoms with van der Waals surface area (Å²) in [5.41, 5.74) is 5.39. The Labute approximate surface area is 163 Å². The van der Waals surface area contributed by atoms with E-state index in [4.69, 9.17) is 22.4 Å². The molecule has 2 rings (SSSR count). The summed E-state index contributed by atoms with van der Waals surface area (Å²) < 4.78 is 6.70. The van der Waals surface area contributed by atoms with E-state index in [9.17, 15) is 9.59 Å². The van der Waals surface area contributed by atoms with Crippen molar-refractivity contribution in [1.82, 2.24) is 14.9 Å². The van der Waals surface area contributed by atoms with E-state index in [0.29, 0.717) is 24.7 Å². The van der Waals surface area contributed by atoms with Crippen molar-refractivity contribution < 1.29 is 4.42 Å². The topological polar surface area (TPSA) is 109 Å². The monoisotopic (exact) mass is 393 g/mol. The number of unbranched alkanes of at least 4 members (excludes halogenated alkanes) is 2. The van der Waals surface area contributed by atoms with E-state index in [1.807, 2.05) is 19.9 Å². The Bertz CT molecular complexity index is 857. The fraction of sp³-hybridized carbons (Fsp3) is 0.500. The first-order valence-electron chi connectivity index (χ1n) is 9.19. The lowest BCUT2D eigenvalue weighted by Crippen LogP contribution is -2.45. The zero-order valence-corrected chi connectivity index (χ0v) is 16.6. The van der Waals surface area contributed by atoms with Gasteiger partial charge in [0.05, 0.1) is 12.8 Å². The van der Waals surface area contributed by atoms with Gasteiger partial charge in [-0.15, -0.1) is 0 Å². The van der Waals surface area contributed by atoms with Gasteiger partial charge in [0.25, 0.3) is 5.56 Å². The number of rotatable bonds is 9. The van der Waals surface area contributed by atoms with Crippen molar-refractivity contribution in [2.45, 2.75) is 52.6 Å². The highest BCUT2D eigenvalue weighted by Crippen LogP contribution is 2.18. The second-order valence-corrected chi connectivity index (χ2v) is 6.63. The molecule has 0 spiro atoms. The standard InChI is InChI=1S/C18H27N5O3S/c1-3-5-9-22(18(27)20-12-13-8-7-11-26-13)14-15(19)23(10-6-4-2)17(25)21-16(14)24/h7-8,11H,3-6,9-10,12,19H2,1-2H3,(H,20,27)(H,21,24,25). The van der Waals surface area contributed by atoms with Gasteiger partial charge in [0.2, 0.25) is 0 Å². The maximum Gasteiger partial charge on any atom is 0.330 e. The second kappa shape index (κ2) is 9.96. The van der Waals surface area contributed by atoms with Gasteiger partial charge in [0, 0.05) is 13.1 Å². The molecule has 27 heavy (non-hydrogen) atoms. The van der Waals surface area contributed by atoms with E-state index >= 15 is 0 Å². The lowest BCUT2D eigenvalue weighted by atomic mass is 10.3. The molecule has 0 amide bonds. The van der Waals surface area contributed by atoms with Crippen molar-refractivity contribution in [3.8, 4) is 0 Å². The molecule has 0 unspecified atom stereocenters. The number of nitrogens with two attached hydrogens (primary N) is 1. The zero-order valence-electron chi connectivity index (χ0n) is 15.8. The number of nitrogens with one attached hydrogen (secondary N) is 2. The first-order valence-corrected chi connectivity index (χ1v) is 9.60. The van der Waals surface area contributed by atoms with Crippen LogP contribution in [0.15, 0.2) is 32.4 Å². The molecule has 0 atom stereocenters. The van der Waals surface area contributed by atoms with Gasteiger partial charge in [-0.1, -0.05) is 26.7 Å². The van der Waals surface area contributed by atoms with Crippen molar-refractivity contribution in [2.24, 2.45) is 0 Å². The Morgan fingerprint density at radius 1 is 1.33 bits per heavy atom. The summed E-state index contributed by atoms with van der Waals surface area (Å²) in [6, 6.07) is 3.62. The highest BCUT2D eigenvalue weighted by molar-refractivity contribution is 7.80. The summed E-state index contributed by atoms with van der Waals surface area (Å²) >= 11 is 5.50. The molecule has 0 bridgehead atoms. The van der Waals surface area contributed by atoms with Crippen molar-refractivity contribution in [1.29, 1.82) is 0 Å². The summed E-state index contributed by atoms with van der Waals surface area (Å²) in [5.74, 6) is 0.859. The summed E-state index contributed by atoms with van der Waals surface area (Å²) in [5, 5.41) is 3.45. The lowest BCUT2D eigenvalue weighted by Gasteiger charge is -2.27. The van der Waals surface area contributed by atoms with E-state index in [2.05, 4.69) is 10.3 Å². The van der Waals surface area contributed by atoms with Gasteiger partial charge in [0.1, 0.15) is 11.6 Å². The van der Waals surface area contributed by atoms with Crippen LogP contribution in [0.2, 0.25) is 0 Å².